The van der Waals surface area contributed by atoms with Crippen LogP contribution in [0.5, 0.6) is 0 Å². The van der Waals surface area contributed by atoms with Crippen molar-refractivity contribution in [2.45, 2.75) is 105 Å². The second-order valence-electron chi connectivity index (χ2n) is 17.9. The summed E-state index contributed by atoms with van der Waals surface area (Å²) >= 11 is 0. The van der Waals surface area contributed by atoms with Gasteiger partial charge in [0.2, 0.25) is 0 Å². The van der Waals surface area contributed by atoms with Gasteiger partial charge in [-0.2, -0.15) is 0 Å². The Kier molecular flexibility index (Phi) is 11.4. The first kappa shape index (κ1) is 39.4. The normalized spacial score (nSPS) is 11.5. The fourth-order valence-corrected chi connectivity index (χ4v) is 5.52. The number of nitrogens with zero attached hydrogens (tertiary/aromatic N) is 2. The molecule has 0 radical (unpaired) electrons. The van der Waals surface area contributed by atoms with E-state index in [-0.39, 0.29) is 21.7 Å². The number of hydrogen-bond donors (Lipinski definition) is 0. The van der Waals surface area contributed by atoms with E-state index in [1.165, 1.54) is 22.3 Å². The lowest BCUT2D eigenvalue weighted by atomic mass is 9.87. The first-order valence-electron chi connectivity index (χ1n) is 18.7. The Balaban J connectivity index is 1.66. The van der Waals surface area contributed by atoms with Crippen LogP contribution in [0, 0.1) is 47.4 Å². The third-order valence-electron chi connectivity index (χ3n) is 9.20. The van der Waals surface area contributed by atoms with E-state index in [0.29, 0.717) is 22.8 Å². The number of rotatable bonds is 0. The van der Waals surface area contributed by atoms with Gasteiger partial charge in [-0.15, -0.1) is 0 Å². The number of benzene rings is 4. The van der Waals surface area contributed by atoms with E-state index >= 15 is 0 Å². The van der Waals surface area contributed by atoms with Crippen LogP contribution >= 0.6 is 0 Å². The fraction of sp³-hybridized carbons (Fsp3) is 0.308. The van der Waals surface area contributed by atoms with Gasteiger partial charge in [-0.3, -0.25) is 0 Å². The third-order valence-corrected chi connectivity index (χ3v) is 9.20. The summed E-state index contributed by atoms with van der Waals surface area (Å²) in [6.45, 7) is 26.5. The van der Waals surface area contributed by atoms with Crippen molar-refractivity contribution in [1.82, 2.24) is 9.97 Å². The van der Waals surface area contributed by atoms with E-state index in [1.807, 2.05) is 0 Å². The molecule has 0 spiro atoms. The summed E-state index contributed by atoms with van der Waals surface area (Å²) in [5.41, 5.74) is 10.6. The van der Waals surface area contributed by atoms with Crippen LogP contribution in [-0.2, 0) is 21.7 Å². The van der Waals surface area contributed by atoms with Crippen molar-refractivity contribution in [1.29, 1.82) is 0 Å². The van der Waals surface area contributed by atoms with Crippen LogP contribution in [0.3, 0.4) is 0 Å². The molecule has 0 saturated carbocycles. The zero-order valence-corrected chi connectivity index (χ0v) is 34.1. The van der Waals surface area contributed by atoms with Crippen LogP contribution < -0.4 is 0 Å². The molecule has 0 saturated heterocycles. The van der Waals surface area contributed by atoms with Gasteiger partial charge in [-0.25, -0.2) is 9.97 Å². The van der Waals surface area contributed by atoms with Crippen LogP contribution in [0.25, 0.3) is 0 Å². The van der Waals surface area contributed by atoms with Gasteiger partial charge in [0, 0.05) is 22.3 Å². The highest BCUT2D eigenvalue weighted by Gasteiger charge is 2.16. The van der Waals surface area contributed by atoms with Crippen molar-refractivity contribution < 1.29 is 0 Å². The van der Waals surface area contributed by atoms with E-state index < -0.39 is 0 Å². The molecule has 5 aromatic rings. The molecule has 0 N–H and O–H groups in total. The standard InChI is InChI=1S/C52H52N2/c1-49(2,3)41-25-13-37(14-26-41)21-33-45-46(34-22-38-15-27-42(28-16-38)50(4,5)6)54-48(36-24-40-19-31-44(32-20-40)52(10,11)12)47(53-45)35-23-39-17-29-43(30-18-39)51(7,8)9/h13-20,25-32H,1-12H3. The van der Waals surface area contributed by atoms with Crippen LogP contribution in [0.1, 0.15) is 150 Å². The van der Waals surface area contributed by atoms with Crippen molar-refractivity contribution >= 4 is 0 Å². The van der Waals surface area contributed by atoms with E-state index in [2.05, 4.69) is 228 Å². The predicted molar refractivity (Wildman–Crippen MR) is 227 cm³/mol. The zero-order valence-electron chi connectivity index (χ0n) is 34.1. The van der Waals surface area contributed by atoms with Crippen LogP contribution in [-0.4, -0.2) is 9.97 Å². The minimum Gasteiger partial charge on any atom is -0.225 e. The molecule has 5 rings (SSSR count). The SMILES string of the molecule is CC(C)(C)c1ccc(C#Cc2nc(C#Cc3ccc(C(C)(C)C)cc3)c(C#Cc3ccc(C(C)(C)C)cc3)nc2C#Cc2ccc(C(C)(C)C)cc2)cc1. The summed E-state index contributed by atoms with van der Waals surface area (Å²) in [7, 11) is 0. The molecule has 0 fully saturated rings. The molecule has 0 unspecified atom stereocenters. The molecule has 0 bridgehead atoms. The lowest BCUT2D eigenvalue weighted by Crippen LogP contribution is -2.10. The topological polar surface area (TPSA) is 25.8 Å². The Morgan fingerprint density at radius 1 is 0.259 bits per heavy atom. The summed E-state index contributed by atoms with van der Waals surface area (Å²) in [6, 6.07) is 33.5. The van der Waals surface area contributed by atoms with Gasteiger partial charge in [0.1, 0.15) is 22.8 Å². The minimum absolute atomic E-state index is 0.0530. The van der Waals surface area contributed by atoms with Gasteiger partial charge >= 0.3 is 0 Å². The molecular formula is C52H52N2. The predicted octanol–water partition coefficient (Wildman–Crippen LogP) is 11.3. The summed E-state index contributed by atoms with van der Waals surface area (Å²) in [4.78, 5) is 10.0. The van der Waals surface area contributed by atoms with E-state index in [1.54, 1.807) is 0 Å². The molecule has 0 aliphatic rings. The van der Waals surface area contributed by atoms with Gasteiger partial charge in [0.05, 0.1) is 0 Å². The van der Waals surface area contributed by atoms with Crippen molar-refractivity contribution in [3.05, 3.63) is 164 Å². The fourth-order valence-electron chi connectivity index (χ4n) is 5.52. The van der Waals surface area contributed by atoms with Crippen LogP contribution in [0.15, 0.2) is 97.1 Å². The average Bonchev–Trinajstić information content (AvgIpc) is 3.11. The Morgan fingerprint density at radius 2 is 0.426 bits per heavy atom. The number of hydrogen-bond acceptors (Lipinski definition) is 2. The third kappa shape index (κ3) is 10.6. The smallest absolute Gasteiger partial charge is 0.149 e. The first-order valence-corrected chi connectivity index (χ1v) is 18.7. The van der Waals surface area contributed by atoms with Gasteiger partial charge < -0.3 is 0 Å². The Hall–Kier alpha value is -5.80. The van der Waals surface area contributed by atoms with E-state index in [0.717, 1.165) is 22.3 Å². The lowest BCUT2D eigenvalue weighted by Gasteiger charge is -2.18. The summed E-state index contributed by atoms with van der Waals surface area (Å²) in [5.74, 6) is 26.4. The lowest BCUT2D eigenvalue weighted by molar-refractivity contribution is 0.590. The molecule has 0 aliphatic carbocycles. The molecule has 0 amide bonds. The molecule has 2 heteroatoms. The van der Waals surface area contributed by atoms with E-state index in [4.69, 9.17) is 9.97 Å². The van der Waals surface area contributed by atoms with Gasteiger partial charge in [-0.1, -0.05) is 155 Å². The van der Waals surface area contributed by atoms with Crippen molar-refractivity contribution in [2.75, 3.05) is 0 Å². The summed E-state index contributed by atoms with van der Waals surface area (Å²) in [5, 5.41) is 0. The molecule has 1 heterocycles. The first-order chi connectivity index (χ1) is 25.3. The molecule has 54 heavy (non-hydrogen) atoms. The van der Waals surface area contributed by atoms with Gasteiger partial charge in [-0.05, 0) is 116 Å². The minimum atomic E-state index is 0.0530. The van der Waals surface area contributed by atoms with Crippen molar-refractivity contribution in [3.8, 4) is 47.4 Å². The summed E-state index contributed by atoms with van der Waals surface area (Å²) < 4.78 is 0. The number of aromatic nitrogens is 2. The molecule has 4 aromatic carbocycles. The Morgan fingerprint density at radius 3 is 0.574 bits per heavy atom. The maximum absolute atomic E-state index is 5.02. The highest BCUT2D eigenvalue weighted by molar-refractivity contribution is 5.56. The highest BCUT2D eigenvalue weighted by atomic mass is 14.8. The molecular weight excluding hydrogens is 653 g/mol. The molecule has 0 aliphatic heterocycles. The molecule has 270 valence electrons. The van der Waals surface area contributed by atoms with Crippen LogP contribution in [0.2, 0.25) is 0 Å². The molecule has 1 aromatic heterocycles. The van der Waals surface area contributed by atoms with Gasteiger partial charge in [0.25, 0.3) is 0 Å². The van der Waals surface area contributed by atoms with E-state index in [9.17, 15) is 0 Å². The second-order valence-corrected chi connectivity index (χ2v) is 17.9. The summed E-state index contributed by atoms with van der Waals surface area (Å²) in [6.07, 6.45) is 0. The molecule has 0 atom stereocenters. The maximum atomic E-state index is 5.02. The highest BCUT2D eigenvalue weighted by Crippen LogP contribution is 2.25. The van der Waals surface area contributed by atoms with Gasteiger partial charge in [0.15, 0.2) is 0 Å². The maximum Gasteiger partial charge on any atom is 0.149 e. The Labute approximate surface area is 325 Å². The second kappa shape index (κ2) is 15.7. The molecule has 2 nitrogen and oxygen atoms in total. The van der Waals surface area contributed by atoms with Crippen molar-refractivity contribution in [3.63, 3.8) is 0 Å². The Bertz CT molecular complexity index is 2020. The quantitative estimate of drug-likeness (QED) is 0.150. The largest absolute Gasteiger partial charge is 0.225 e. The van der Waals surface area contributed by atoms with Crippen molar-refractivity contribution in [2.24, 2.45) is 0 Å². The average molecular weight is 705 g/mol. The van der Waals surface area contributed by atoms with Crippen LogP contribution in [0.4, 0.5) is 0 Å². The zero-order chi connectivity index (χ0) is 39.3. The monoisotopic (exact) mass is 704 g/mol.